The second-order valence-corrected chi connectivity index (χ2v) is 7.16. The molecule has 0 spiro atoms. The summed E-state index contributed by atoms with van der Waals surface area (Å²) in [6.07, 6.45) is 5.05. The SMILES string of the molecule is CN(Cc1ccc(-n2cccn2)cc1)C(=O)c1ccn(COc2cc(F)ccc2[N+](=O)[O-])n1. The van der Waals surface area contributed by atoms with Crippen LogP contribution in [-0.2, 0) is 13.3 Å². The van der Waals surface area contributed by atoms with Gasteiger partial charge in [0.25, 0.3) is 5.91 Å². The molecule has 0 saturated heterocycles. The summed E-state index contributed by atoms with van der Waals surface area (Å²) in [6, 6.07) is 14.0. The van der Waals surface area contributed by atoms with Gasteiger partial charge in [-0.1, -0.05) is 12.1 Å². The first kappa shape index (κ1) is 21.7. The van der Waals surface area contributed by atoms with Crippen molar-refractivity contribution in [2.24, 2.45) is 0 Å². The van der Waals surface area contributed by atoms with Crippen LogP contribution in [0.5, 0.6) is 5.75 Å². The molecule has 11 heteroatoms. The molecule has 4 aromatic rings. The Bertz CT molecular complexity index is 1270. The van der Waals surface area contributed by atoms with Crippen LogP contribution in [0.2, 0.25) is 0 Å². The minimum atomic E-state index is -0.663. The summed E-state index contributed by atoms with van der Waals surface area (Å²) in [5, 5.41) is 19.4. The Labute approximate surface area is 187 Å². The summed E-state index contributed by atoms with van der Waals surface area (Å²) in [7, 11) is 1.66. The molecule has 0 atom stereocenters. The number of rotatable bonds is 8. The number of nitrogens with zero attached hydrogens (tertiary/aromatic N) is 6. The molecule has 0 unspecified atom stereocenters. The summed E-state index contributed by atoms with van der Waals surface area (Å²) in [6.45, 7) is 0.146. The zero-order chi connectivity index (χ0) is 23.4. The molecule has 0 radical (unpaired) electrons. The van der Waals surface area contributed by atoms with Gasteiger partial charge in [-0.15, -0.1) is 0 Å². The van der Waals surface area contributed by atoms with E-state index in [1.807, 2.05) is 36.5 Å². The third kappa shape index (κ3) is 5.03. The molecule has 0 aliphatic heterocycles. The monoisotopic (exact) mass is 450 g/mol. The average Bonchev–Trinajstić information content (AvgIpc) is 3.50. The Balaban J connectivity index is 1.37. The van der Waals surface area contributed by atoms with Gasteiger partial charge in [0.05, 0.1) is 10.6 Å². The molecule has 2 heterocycles. The van der Waals surface area contributed by atoms with Gasteiger partial charge in [0.2, 0.25) is 5.75 Å². The van der Waals surface area contributed by atoms with Gasteiger partial charge < -0.3 is 9.64 Å². The second-order valence-electron chi connectivity index (χ2n) is 7.16. The van der Waals surface area contributed by atoms with Gasteiger partial charge in [-0.25, -0.2) is 13.8 Å². The van der Waals surface area contributed by atoms with Gasteiger partial charge in [0, 0.05) is 44.3 Å². The summed E-state index contributed by atoms with van der Waals surface area (Å²) < 4.78 is 21.8. The van der Waals surface area contributed by atoms with Crippen molar-refractivity contribution >= 4 is 11.6 Å². The lowest BCUT2D eigenvalue weighted by atomic mass is 10.2. The van der Waals surface area contributed by atoms with Crippen LogP contribution in [0, 0.1) is 15.9 Å². The maximum absolute atomic E-state index is 13.4. The number of hydrogen-bond acceptors (Lipinski definition) is 6. The highest BCUT2D eigenvalue weighted by atomic mass is 19.1. The first-order chi connectivity index (χ1) is 15.9. The van der Waals surface area contributed by atoms with E-state index in [9.17, 15) is 19.3 Å². The number of ether oxygens (including phenoxy) is 1. The van der Waals surface area contributed by atoms with Crippen molar-refractivity contribution in [1.82, 2.24) is 24.5 Å². The topological polar surface area (TPSA) is 108 Å². The van der Waals surface area contributed by atoms with Gasteiger partial charge in [-0.2, -0.15) is 10.2 Å². The lowest BCUT2D eigenvalue weighted by molar-refractivity contribution is -0.386. The number of nitro benzene ring substituents is 1. The van der Waals surface area contributed by atoms with Gasteiger partial charge in [0.15, 0.2) is 12.4 Å². The fraction of sp³-hybridized carbons (Fsp3) is 0.136. The lowest BCUT2D eigenvalue weighted by Gasteiger charge is -2.16. The van der Waals surface area contributed by atoms with Gasteiger partial charge in [-0.3, -0.25) is 14.9 Å². The molecule has 4 rings (SSSR count). The van der Waals surface area contributed by atoms with Crippen LogP contribution in [0.4, 0.5) is 10.1 Å². The molecule has 0 aliphatic carbocycles. The van der Waals surface area contributed by atoms with Crippen LogP contribution >= 0.6 is 0 Å². The smallest absolute Gasteiger partial charge is 0.311 e. The van der Waals surface area contributed by atoms with Gasteiger partial charge in [0.1, 0.15) is 5.82 Å². The van der Waals surface area contributed by atoms with E-state index in [1.165, 1.54) is 21.8 Å². The number of carbonyl (C=O) groups excluding carboxylic acids is 1. The third-order valence-corrected chi connectivity index (χ3v) is 4.80. The number of halogens is 1. The van der Waals surface area contributed by atoms with Crippen molar-refractivity contribution < 1.29 is 18.8 Å². The Kier molecular flexibility index (Phi) is 6.11. The van der Waals surface area contributed by atoms with Gasteiger partial charge in [-0.05, 0) is 35.9 Å². The van der Waals surface area contributed by atoms with E-state index in [0.29, 0.717) is 6.54 Å². The summed E-state index contributed by atoms with van der Waals surface area (Å²) >= 11 is 0. The molecule has 0 fully saturated rings. The molecule has 0 N–H and O–H groups in total. The van der Waals surface area contributed by atoms with E-state index < -0.39 is 10.7 Å². The fourth-order valence-corrected chi connectivity index (χ4v) is 3.15. The molecule has 0 bridgehead atoms. The van der Waals surface area contributed by atoms with Crippen LogP contribution < -0.4 is 4.74 Å². The van der Waals surface area contributed by atoms with Crippen LogP contribution in [0.3, 0.4) is 0 Å². The van der Waals surface area contributed by atoms with Crippen molar-refractivity contribution in [2.45, 2.75) is 13.3 Å². The van der Waals surface area contributed by atoms with Gasteiger partial charge >= 0.3 is 5.69 Å². The summed E-state index contributed by atoms with van der Waals surface area (Å²) in [4.78, 5) is 24.7. The first-order valence-electron chi connectivity index (χ1n) is 9.85. The highest BCUT2D eigenvalue weighted by molar-refractivity contribution is 5.91. The minimum Gasteiger partial charge on any atom is -0.464 e. The summed E-state index contributed by atoms with van der Waals surface area (Å²) in [5.41, 5.74) is 1.67. The number of carbonyl (C=O) groups is 1. The molecule has 168 valence electrons. The van der Waals surface area contributed by atoms with E-state index in [1.54, 1.807) is 17.9 Å². The zero-order valence-electron chi connectivity index (χ0n) is 17.5. The minimum absolute atomic E-state index is 0.183. The maximum Gasteiger partial charge on any atom is 0.311 e. The largest absolute Gasteiger partial charge is 0.464 e. The molecule has 10 nitrogen and oxygen atoms in total. The van der Waals surface area contributed by atoms with Crippen molar-refractivity contribution in [2.75, 3.05) is 7.05 Å². The predicted octanol–water partition coefficient (Wildman–Crippen LogP) is 3.42. The third-order valence-electron chi connectivity index (χ3n) is 4.80. The molecule has 33 heavy (non-hydrogen) atoms. The van der Waals surface area contributed by atoms with E-state index in [4.69, 9.17) is 4.74 Å². The average molecular weight is 450 g/mol. The van der Waals surface area contributed by atoms with Crippen molar-refractivity contribution in [3.8, 4) is 11.4 Å². The number of aromatic nitrogens is 4. The van der Waals surface area contributed by atoms with E-state index in [-0.39, 0.29) is 29.8 Å². The molecule has 1 amide bonds. The lowest BCUT2D eigenvalue weighted by Crippen LogP contribution is -2.26. The van der Waals surface area contributed by atoms with Crippen molar-refractivity contribution in [1.29, 1.82) is 0 Å². The number of nitro groups is 1. The zero-order valence-corrected chi connectivity index (χ0v) is 17.5. The Morgan fingerprint density at radius 1 is 1.18 bits per heavy atom. The number of amides is 1. The van der Waals surface area contributed by atoms with Crippen LogP contribution in [-0.4, -0.2) is 42.3 Å². The molecule has 2 aromatic heterocycles. The Hall–Kier alpha value is -4.54. The fourth-order valence-electron chi connectivity index (χ4n) is 3.15. The highest BCUT2D eigenvalue weighted by Gasteiger charge is 2.18. The molecule has 0 aliphatic rings. The van der Waals surface area contributed by atoms with Crippen LogP contribution in [0.15, 0.2) is 73.2 Å². The molecule has 2 aromatic carbocycles. The Morgan fingerprint density at radius 3 is 2.67 bits per heavy atom. The number of benzene rings is 2. The molecule has 0 saturated carbocycles. The molecular weight excluding hydrogens is 431 g/mol. The van der Waals surface area contributed by atoms with Crippen molar-refractivity contribution in [3.05, 3.63) is 100 Å². The molecular formula is C22H19FN6O4. The summed E-state index contributed by atoms with van der Waals surface area (Å²) in [5.74, 6) is -1.19. The highest BCUT2D eigenvalue weighted by Crippen LogP contribution is 2.27. The van der Waals surface area contributed by atoms with Crippen LogP contribution in [0.25, 0.3) is 5.69 Å². The van der Waals surface area contributed by atoms with E-state index in [2.05, 4.69) is 10.2 Å². The normalized spacial score (nSPS) is 10.7. The maximum atomic E-state index is 13.4. The quantitative estimate of drug-likeness (QED) is 0.301. The number of hydrogen-bond donors (Lipinski definition) is 0. The second kappa shape index (κ2) is 9.30. The standard InChI is InChI=1S/C22H19FN6O4/c1-26(14-16-3-6-18(7-4-16)28-11-2-10-24-28)22(30)19-9-12-27(25-19)15-33-21-13-17(23)5-8-20(21)29(31)32/h2-13H,14-15H2,1H3. The predicted molar refractivity (Wildman–Crippen MR) is 115 cm³/mol. The van der Waals surface area contributed by atoms with Crippen molar-refractivity contribution in [3.63, 3.8) is 0 Å². The first-order valence-corrected chi connectivity index (χ1v) is 9.85. The Morgan fingerprint density at radius 2 is 1.97 bits per heavy atom. The van der Waals surface area contributed by atoms with Crippen LogP contribution in [0.1, 0.15) is 16.1 Å². The van der Waals surface area contributed by atoms with E-state index in [0.717, 1.165) is 29.4 Å². The van der Waals surface area contributed by atoms with E-state index >= 15 is 0 Å².